The third-order valence-electron chi connectivity index (χ3n) is 4.08. The summed E-state index contributed by atoms with van der Waals surface area (Å²) < 4.78 is 5.53. The third-order valence-corrected chi connectivity index (χ3v) is 5.85. The number of thioether (sulfide) groups is 1. The molecule has 0 aliphatic carbocycles. The SMILES string of the molecule is N#Cc1cnc(SCC(=O)N2N=C(c3cccs3)C[C@@H]2c2ccco2)nc1N. The molecule has 0 saturated carbocycles. The molecular formula is C18H14N6O2S2. The van der Waals surface area contributed by atoms with Gasteiger partial charge in [0.05, 0.1) is 28.8 Å². The predicted molar refractivity (Wildman–Crippen MR) is 106 cm³/mol. The summed E-state index contributed by atoms with van der Waals surface area (Å²) in [4.78, 5) is 22.0. The maximum Gasteiger partial charge on any atom is 0.253 e. The van der Waals surface area contributed by atoms with Gasteiger partial charge in [-0.3, -0.25) is 4.79 Å². The molecule has 0 spiro atoms. The Kier molecular flexibility index (Phi) is 5.10. The van der Waals surface area contributed by atoms with Crippen LogP contribution in [0.2, 0.25) is 0 Å². The second-order valence-corrected chi connectivity index (χ2v) is 7.74. The molecule has 10 heteroatoms. The quantitative estimate of drug-likeness (QED) is 0.507. The number of carbonyl (C=O) groups is 1. The lowest BCUT2D eigenvalue weighted by Crippen LogP contribution is -2.28. The first-order valence-corrected chi connectivity index (χ1v) is 10.1. The maximum absolute atomic E-state index is 12.9. The van der Waals surface area contributed by atoms with E-state index in [2.05, 4.69) is 15.1 Å². The predicted octanol–water partition coefficient (Wildman–Crippen LogP) is 3.05. The van der Waals surface area contributed by atoms with Gasteiger partial charge < -0.3 is 10.2 Å². The van der Waals surface area contributed by atoms with Crippen molar-refractivity contribution in [3.05, 3.63) is 58.3 Å². The number of nitriles is 1. The minimum absolute atomic E-state index is 0.0871. The van der Waals surface area contributed by atoms with E-state index in [-0.39, 0.29) is 29.1 Å². The molecule has 3 aromatic rings. The van der Waals surface area contributed by atoms with E-state index < -0.39 is 0 Å². The Morgan fingerprint density at radius 2 is 2.36 bits per heavy atom. The first-order valence-electron chi connectivity index (χ1n) is 8.28. The first-order chi connectivity index (χ1) is 13.7. The number of nitrogen functional groups attached to an aromatic ring is 1. The molecule has 0 unspecified atom stereocenters. The van der Waals surface area contributed by atoms with Gasteiger partial charge in [0.25, 0.3) is 5.91 Å². The Morgan fingerprint density at radius 3 is 3.04 bits per heavy atom. The van der Waals surface area contributed by atoms with Gasteiger partial charge >= 0.3 is 0 Å². The summed E-state index contributed by atoms with van der Waals surface area (Å²) in [5.74, 6) is 0.682. The fourth-order valence-corrected chi connectivity index (χ4v) is 4.16. The molecule has 0 saturated heterocycles. The van der Waals surface area contributed by atoms with Crippen LogP contribution in [0.25, 0.3) is 0 Å². The Morgan fingerprint density at radius 1 is 1.46 bits per heavy atom. The Bertz CT molecular complexity index is 1060. The molecule has 2 N–H and O–H groups in total. The van der Waals surface area contributed by atoms with Crippen LogP contribution >= 0.6 is 23.1 Å². The highest BCUT2D eigenvalue weighted by atomic mass is 32.2. The lowest BCUT2D eigenvalue weighted by Gasteiger charge is -2.19. The topological polar surface area (TPSA) is 121 Å². The van der Waals surface area contributed by atoms with Crippen molar-refractivity contribution in [3.63, 3.8) is 0 Å². The lowest BCUT2D eigenvalue weighted by atomic mass is 10.1. The fraction of sp³-hybridized carbons (Fsp3) is 0.167. The van der Waals surface area contributed by atoms with Gasteiger partial charge in [-0.25, -0.2) is 15.0 Å². The largest absolute Gasteiger partial charge is 0.467 e. The number of amides is 1. The van der Waals surface area contributed by atoms with Crippen LogP contribution in [0.1, 0.15) is 28.7 Å². The third kappa shape index (κ3) is 3.62. The zero-order chi connectivity index (χ0) is 19.5. The summed E-state index contributed by atoms with van der Waals surface area (Å²) in [7, 11) is 0. The molecule has 4 rings (SSSR count). The van der Waals surface area contributed by atoms with E-state index in [1.807, 2.05) is 29.6 Å². The average molecular weight is 410 g/mol. The van der Waals surface area contributed by atoms with Crippen molar-refractivity contribution in [1.29, 1.82) is 5.26 Å². The van der Waals surface area contributed by atoms with Crippen molar-refractivity contribution < 1.29 is 9.21 Å². The van der Waals surface area contributed by atoms with Gasteiger partial charge in [0.1, 0.15) is 29.3 Å². The Labute approximate surface area is 168 Å². The number of rotatable bonds is 5. The van der Waals surface area contributed by atoms with Crippen LogP contribution in [0.4, 0.5) is 5.82 Å². The Hall–Kier alpha value is -3.16. The van der Waals surface area contributed by atoms with Crippen molar-refractivity contribution in [2.75, 3.05) is 11.5 Å². The molecule has 1 aliphatic rings. The second kappa shape index (κ2) is 7.84. The minimum Gasteiger partial charge on any atom is -0.467 e. The number of thiophene rings is 1. The highest BCUT2D eigenvalue weighted by molar-refractivity contribution is 7.99. The van der Waals surface area contributed by atoms with Crippen molar-refractivity contribution in [2.24, 2.45) is 5.10 Å². The summed E-state index contributed by atoms with van der Waals surface area (Å²) in [5.41, 5.74) is 6.77. The molecule has 4 heterocycles. The molecule has 0 bridgehead atoms. The molecule has 0 aromatic carbocycles. The average Bonchev–Trinajstić information content (AvgIpc) is 3.46. The standard InChI is InChI=1S/C18H14N6O2S2/c19-8-11-9-21-18(22-17(11)20)28-10-16(25)24-13(14-3-1-5-26-14)7-12(23-24)15-4-2-6-27-15/h1-6,9,13H,7,10H2,(H2,20,21,22)/t13-/m1/s1. The zero-order valence-corrected chi connectivity index (χ0v) is 16.1. The van der Waals surface area contributed by atoms with Crippen LogP contribution in [0, 0.1) is 11.3 Å². The van der Waals surface area contributed by atoms with Crippen LogP contribution in [0.3, 0.4) is 0 Å². The fourth-order valence-electron chi connectivity index (χ4n) is 2.76. The van der Waals surface area contributed by atoms with E-state index in [9.17, 15) is 4.79 Å². The van der Waals surface area contributed by atoms with Gasteiger partial charge in [0.15, 0.2) is 5.16 Å². The van der Waals surface area contributed by atoms with Crippen molar-refractivity contribution in [3.8, 4) is 6.07 Å². The van der Waals surface area contributed by atoms with Crippen LogP contribution < -0.4 is 5.73 Å². The van der Waals surface area contributed by atoms with Gasteiger partial charge in [0, 0.05) is 6.42 Å². The normalized spacial score (nSPS) is 16.0. The van der Waals surface area contributed by atoms with Gasteiger partial charge in [-0.2, -0.15) is 10.4 Å². The second-order valence-electron chi connectivity index (χ2n) is 5.85. The molecule has 1 aliphatic heterocycles. The molecule has 0 fully saturated rings. The van der Waals surface area contributed by atoms with E-state index in [0.717, 1.165) is 22.4 Å². The summed E-state index contributed by atoms with van der Waals surface area (Å²) >= 11 is 2.73. The van der Waals surface area contributed by atoms with E-state index in [1.165, 1.54) is 11.2 Å². The molecule has 3 aromatic heterocycles. The molecular weight excluding hydrogens is 396 g/mol. The smallest absolute Gasteiger partial charge is 0.253 e. The number of anilines is 1. The summed E-state index contributed by atoms with van der Waals surface area (Å²) in [6.45, 7) is 0. The summed E-state index contributed by atoms with van der Waals surface area (Å²) in [6, 6.07) is 9.20. The van der Waals surface area contributed by atoms with E-state index in [4.69, 9.17) is 15.4 Å². The van der Waals surface area contributed by atoms with Crippen molar-refractivity contribution in [1.82, 2.24) is 15.0 Å². The number of carbonyl (C=O) groups excluding carboxylic acids is 1. The van der Waals surface area contributed by atoms with Crippen LogP contribution in [0.5, 0.6) is 0 Å². The minimum atomic E-state index is -0.285. The molecule has 1 amide bonds. The number of hydrogen-bond acceptors (Lipinski definition) is 9. The number of nitrogens with two attached hydrogens (primary N) is 1. The van der Waals surface area contributed by atoms with Crippen LogP contribution in [-0.2, 0) is 4.79 Å². The van der Waals surface area contributed by atoms with Gasteiger partial charge in [0.2, 0.25) is 0 Å². The van der Waals surface area contributed by atoms with Crippen LogP contribution in [0.15, 0.2) is 56.8 Å². The van der Waals surface area contributed by atoms with Crippen molar-refractivity contribution in [2.45, 2.75) is 17.6 Å². The maximum atomic E-state index is 12.9. The zero-order valence-electron chi connectivity index (χ0n) is 14.5. The van der Waals surface area contributed by atoms with E-state index >= 15 is 0 Å². The summed E-state index contributed by atoms with van der Waals surface area (Å²) in [6.07, 6.45) is 3.53. The monoisotopic (exact) mass is 410 g/mol. The highest BCUT2D eigenvalue weighted by Crippen LogP contribution is 2.34. The van der Waals surface area contributed by atoms with Crippen LogP contribution in [-0.4, -0.2) is 32.3 Å². The van der Waals surface area contributed by atoms with E-state index in [0.29, 0.717) is 17.3 Å². The molecule has 140 valence electrons. The van der Waals surface area contributed by atoms with Gasteiger partial charge in [-0.1, -0.05) is 17.8 Å². The number of hydrogen-bond donors (Lipinski definition) is 1. The number of hydrazone groups is 1. The Balaban J connectivity index is 1.52. The van der Waals surface area contributed by atoms with Gasteiger partial charge in [-0.15, -0.1) is 11.3 Å². The number of furan rings is 1. The summed E-state index contributed by atoms with van der Waals surface area (Å²) in [5, 5.41) is 17.2. The van der Waals surface area contributed by atoms with Gasteiger partial charge in [-0.05, 0) is 23.6 Å². The lowest BCUT2D eigenvalue weighted by molar-refractivity contribution is -0.130. The molecule has 28 heavy (non-hydrogen) atoms. The number of nitrogens with zero attached hydrogens (tertiary/aromatic N) is 5. The van der Waals surface area contributed by atoms with Crippen molar-refractivity contribution >= 4 is 40.5 Å². The number of aromatic nitrogens is 2. The highest BCUT2D eigenvalue weighted by Gasteiger charge is 2.35. The first kappa shape index (κ1) is 18.2. The van der Waals surface area contributed by atoms with E-state index in [1.54, 1.807) is 23.7 Å². The molecule has 1 atom stereocenters. The molecule has 8 nitrogen and oxygen atoms in total. The molecule has 0 radical (unpaired) electrons.